The molecule has 0 aliphatic carbocycles. The van der Waals surface area contributed by atoms with E-state index in [0.717, 1.165) is 31.9 Å². The van der Waals surface area contributed by atoms with E-state index < -0.39 is 0 Å². The van der Waals surface area contributed by atoms with Gasteiger partial charge >= 0.3 is 0 Å². The first kappa shape index (κ1) is 12.3. The molecule has 0 bridgehead atoms. The quantitative estimate of drug-likeness (QED) is 0.883. The number of ether oxygens (including phenoxy) is 1. The van der Waals surface area contributed by atoms with Crippen molar-refractivity contribution < 1.29 is 4.74 Å². The monoisotopic (exact) mass is 259 g/mol. The summed E-state index contributed by atoms with van der Waals surface area (Å²) < 4.78 is 5.87. The van der Waals surface area contributed by atoms with E-state index in [1.165, 1.54) is 5.56 Å². The molecule has 0 saturated carbocycles. The summed E-state index contributed by atoms with van der Waals surface area (Å²) in [5.74, 6) is 2.02. The molecule has 2 aliphatic heterocycles. The number of fused-ring (bicyclic) bond motifs is 2. The third kappa shape index (κ3) is 1.62. The van der Waals surface area contributed by atoms with E-state index in [0.29, 0.717) is 11.9 Å². The second kappa shape index (κ2) is 4.44. The Morgan fingerprint density at radius 2 is 2.26 bits per heavy atom. The van der Waals surface area contributed by atoms with E-state index in [-0.39, 0.29) is 5.54 Å². The summed E-state index contributed by atoms with van der Waals surface area (Å²) in [7, 11) is 0. The van der Waals surface area contributed by atoms with E-state index in [1.807, 2.05) is 12.1 Å². The van der Waals surface area contributed by atoms with Crippen molar-refractivity contribution in [1.29, 1.82) is 0 Å². The highest BCUT2D eigenvalue weighted by atomic mass is 16.5. The van der Waals surface area contributed by atoms with Crippen molar-refractivity contribution in [3.05, 3.63) is 29.8 Å². The predicted molar refractivity (Wildman–Crippen MR) is 76.3 cm³/mol. The number of nitrogens with two attached hydrogens (primary N) is 1. The van der Waals surface area contributed by atoms with Gasteiger partial charge in [-0.2, -0.15) is 0 Å². The highest BCUT2D eigenvalue weighted by Crippen LogP contribution is 2.46. The van der Waals surface area contributed by atoms with Gasteiger partial charge in [-0.05, 0) is 12.5 Å². The zero-order valence-electron chi connectivity index (χ0n) is 11.6. The maximum Gasteiger partial charge on any atom is 0.192 e. The Kier molecular flexibility index (Phi) is 2.88. The number of para-hydroxylation sites is 1. The first-order chi connectivity index (χ1) is 9.20. The van der Waals surface area contributed by atoms with E-state index in [2.05, 4.69) is 35.9 Å². The van der Waals surface area contributed by atoms with Crippen LogP contribution in [0.2, 0.25) is 0 Å². The molecular weight excluding hydrogens is 238 g/mol. The van der Waals surface area contributed by atoms with Crippen molar-refractivity contribution in [2.45, 2.75) is 25.8 Å². The summed E-state index contributed by atoms with van der Waals surface area (Å²) in [6.45, 7) is 6.80. The summed E-state index contributed by atoms with van der Waals surface area (Å²) in [4.78, 5) is 6.80. The largest absolute Gasteiger partial charge is 0.493 e. The molecule has 3 rings (SSSR count). The number of guanidine groups is 1. The van der Waals surface area contributed by atoms with Crippen LogP contribution in [0.25, 0.3) is 0 Å². The van der Waals surface area contributed by atoms with Gasteiger partial charge in [-0.15, -0.1) is 0 Å². The van der Waals surface area contributed by atoms with Gasteiger partial charge in [0.2, 0.25) is 0 Å². The van der Waals surface area contributed by atoms with Crippen LogP contribution >= 0.6 is 0 Å². The van der Waals surface area contributed by atoms with Gasteiger partial charge in [0, 0.05) is 18.0 Å². The zero-order chi connectivity index (χ0) is 13.5. The first-order valence-corrected chi connectivity index (χ1v) is 7.00. The standard InChI is InChI=1S/C15H21N3O/c1-3-8-18-14(16)17-10-15(18)11(2)9-19-13-7-5-4-6-12(13)15/h4-7,11H,3,8-10H2,1-2H3,(H2,16,17). The van der Waals surface area contributed by atoms with Crippen molar-refractivity contribution in [3.8, 4) is 5.75 Å². The molecule has 2 heterocycles. The number of hydrogen-bond donors (Lipinski definition) is 1. The molecular formula is C15H21N3O. The highest BCUT2D eigenvalue weighted by Gasteiger charge is 2.51. The lowest BCUT2D eigenvalue weighted by Crippen LogP contribution is -2.56. The van der Waals surface area contributed by atoms with E-state index in [1.54, 1.807) is 0 Å². The van der Waals surface area contributed by atoms with Crippen LogP contribution in [0, 0.1) is 5.92 Å². The summed E-state index contributed by atoms with van der Waals surface area (Å²) in [5, 5.41) is 0. The molecule has 1 spiro atoms. The summed E-state index contributed by atoms with van der Waals surface area (Å²) in [5.41, 5.74) is 7.24. The molecule has 0 aromatic heterocycles. The van der Waals surface area contributed by atoms with Crippen LogP contribution in [0.5, 0.6) is 5.75 Å². The van der Waals surface area contributed by atoms with Crippen LogP contribution in [0.1, 0.15) is 25.8 Å². The van der Waals surface area contributed by atoms with Crippen molar-refractivity contribution in [2.24, 2.45) is 16.6 Å². The molecule has 0 radical (unpaired) electrons. The molecule has 19 heavy (non-hydrogen) atoms. The third-order valence-electron chi connectivity index (χ3n) is 4.35. The number of hydrogen-bond acceptors (Lipinski definition) is 4. The molecule has 2 atom stereocenters. The molecule has 2 N–H and O–H groups in total. The van der Waals surface area contributed by atoms with Gasteiger partial charge in [-0.25, -0.2) is 0 Å². The molecule has 0 amide bonds. The van der Waals surface area contributed by atoms with Gasteiger partial charge in [0.25, 0.3) is 0 Å². The van der Waals surface area contributed by atoms with Gasteiger partial charge in [0.05, 0.1) is 18.7 Å². The minimum Gasteiger partial charge on any atom is -0.493 e. The molecule has 4 nitrogen and oxygen atoms in total. The van der Waals surface area contributed by atoms with Crippen LogP contribution in [0.4, 0.5) is 0 Å². The highest BCUT2D eigenvalue weighted by molar-refractivity contribution is 5.81. The molecule has 102 valence electrons. The minimum atomic E-state index is -0.116. The van der Waals surface area contributed by atoms with Crippen LogP contribution in [-0.4, -0.2) is 30.6 Å². The predicted octanol–water partition coefficient (Wildman–Crippen LogP) is 1.95. The maximum atomic E-state index is 6.13. The maximum absolute atomic E-state index is 6.13. The average molecular weight is 259 g/mol. The first-order valence-electron chi connectivity index (χ1n) is 7.00. The fourth-order valence-electron chi connectivity index (χ4n) is 3.34. The molecule has 0 fully saturated rings. The SMILES string of the molecule is CCCN1C(N)=NCC12c1ccccc1OCC2C. The second-order valence-electron chi connectivity index (χ2n) is 5.46. The van der Waals surface area contributed by atoms with Crippen molar-refractivity contribution in [3.63, 3.8) is 0 Å². The molecule has 1 aromatic carbocycles. The van der Waals surface area contributed by atoms with Crippen LogP contribution in [0.3, 0.4) is 0 Å². The summed E-state index contributed by atoms with van der Waals surface area (Å²) >= 11 is 0. The molecule has 0 saturated heterocycles. The number of aliphatic imine (C=N–C) groups is 1. The molecule has 2 aliphatic rings. The van der Waals surface area contributed by atoms with E-state index in [9.17, 15) is 0 Å². The lowest BCUT2D eigenvalue weighted by atomic mass is 9.76. The Morgan fingerprint density at radius 3 is 3.05 bits per heavy atom. The fraction of sp³-hybridized carbons (Fsp3) is 0.533. The number of benzene rings is 1. The van der Waals surface area contributed by atoms with Crippen LogP contribution in [-0.2, 0) is 5.54 Å². The van der Waals surface area contributed by atoms with Gasteiger partial charge < -0.3 is 15.4 Å². The Balaban J connectivity index is 2.12. The second-order valence-corrected chi connectivity index (χ2v) is 5.46. The fourth-order valence-corrected chi connectivity index (χ4v) is 3.34. The average Bonchev–Trinajstić information content (AvgIpc) is 2.75. The minimum absolute atomic E-state index is 0.116. The Hall–Kier alpha value is -1.71. The third-order valence-corrected chi connectivity index (χ3v) is 4.35. The smallest absolute Gasteiger partial charge is 0.192 e. The van der Waals surface area contributed by atoms with Gasteiger partial charge in [0.15, 0.2) is 5.96 Å². The Bertz CT molecular complexity index is 514. The lowest BCUT2D eigenvalue weighted by molar-refractivity contribution is 0.0598. The summed E-state index contributed by atoms with van der Waals surface area (Å²) in [6.07, 6.45) is 1.06. The number of rotatable bonds is 2. The molecule has 2 unspecified atom stereocenters. The van der Waals surface area contributed by atoms with Crippen molar-refractivity contribution in [2.75, 3.05) is 19.7 Å². The Morgan fingerprint density at radius 1 is 1.47 bits per heavy atom. The van der Waals surface area contributed by atoms with Crippen molar-refractivity contribution >= 4 is 5.96 Å². The number of nitrogens with zero attached hydrogens (tertiary/aromatic N) is 2. The van der Waals surface area contributed by atoms with Crippen LogP contribution < -0.4 is 10.5 Å². The topological polar surface area (TPSA) is 50.8 Å². The van der Waals surface area contributed by atoms with Crippen molar-refractivity contribution in [1.82, 2.24) is 4.90 Å². The normalized spacial score (nSPS) is 29.1. The van der Waals surface area contributed by atoms with Gasteiger partial charge in [-0.1, -0.05) is 32.0 Å². The van der Waals surface area contributed by atoms with Gasteiger partial charge in [0.1, 0.15) is 5.75 Å². The Labute approximate surface area is 114 Å². The van der Waals surface area contributed by atoms with E-state index >= 15 is 0 Å². The van der Waals surface area contributed by atoms with Gasteiger partial charge in [-0.3, -0.25) is 4.99 Å². The lowest BCUT2D eigenvalue weighted by Gasteiger charge is -2.47. The zero-order valence-corrected chi connectivity index (χ0v) is 11.6. The van der Waals surface area contributed by atoms with E-state index in [4.69, 9.17) is 10.5 Å². The summed E-state index contributed by atoms with van der Waals surface area (Å²) in [6, 6.07) is 8.29. The molecule has 4 heteroatoms. The van der Waals surface area contributed by atoms with Crippen LogP contribution in [0.15, 0.2) is 29.3 Å². The molecule has 1 aromatic rings.